The third-order valence-electron chi connectivity index (χ3n) is 3.08. The minimum absolute atomic E-state index is 0.0545. The largest absolute Gasteiger partial charge is 0.508 e. The second-order valence-electron chi connectivity index (χ2n) is 4.24. The van der Waals surface area contributed by atoms with Crippen molar-refractivity contribution in [2.75, 3.05) is 13.2 Å². The van der Waals surface area contributed by atoms with Gasteiger partial charge in [-0.15, -0.1) is 0 Å². The summed E-state index contributed by atoms with van der Waals surface area (Å²) in [6, 6.07) is 6.42. The van der Waals surface area contributed by atoms with Crippen molar-refractivity contribution in [1.29, 1.82) is 0 Å². The van der Waals surface area contributed by atoms with Crippen LogP contribution in [0.1, 0.15) is 37.0 Å². The summed E-state index contributed by atoms with van der Waals surface area (Å²) in [5.41, 5.74) is 0.454. The van der Waals surface area contributed by atoms with Gasteiger partial charge in [0, 0.05) is 18.2 Å². The predicted octanol–water partition coefficient (Wildman–Crippen LogP) is 2.02. The van der Waals surface area contributed by atoms with E-state index in [2.05, 4.69) is 0 Å². The lowest BCUT2D eigenvalue weighted by atomic mass is 10.1. The zero-order chi connectivity index (χ0) is 13.5. The van der Waals surface area contributed by atoms with Crippen LogP contribution < -0.4 is 0 Å². The van der Waals surface area contributed by atoms with Crippen LogP contribution in [0.15, 0.2) is 24.3 Å². The van der Waals surface area contributed by atoms with Gasteiger partial charge in [0.25, 0.3) is 5.91 Å². The highest BCUT2D eigenvalue weighted by atomic mass is 16.3. The van der Waals surface area contributed by atoms with E-state index in [-0.39, 0.29) is 24.3 Å². The van der Waals surface area contributed by atoms with Gasteiger partial charge in [-0.2, -0.15) is 0 Å². The Morgan fingerprint density at radius 1 is 1.33 bits per heavy atom. The summed E-state index contributed by atoms with van der Waals surface area (Å²) >= 11 is 0. The number of nitrogens with zero attached hydrogens (tertiary/aromatic N) is 1. The normalized spacial score (nSPS) is 10.7. The molecular weight excluding hydrogens is 230 g/mol. The van der Waals surface area contributed by atoms with Gasteiger partial charge in [0.05, 0.1) is 6.61 Å². The minimum Gasteiger partial charge on any atom is -0.508 e. The number of aliphatic hydroxyl groups is 1. The molecule has 0 radical (unpaired) electrons. The van der Waals surface area contributed by atoms with Gasteiger partial charge >= 0.3 is 0 Å². The van der Waals surface area contributed by atoms with Crippen LogP contribution in [0.25, 0.3) is 0 Å². The van der Waals surface area contributed by atoms with E-state index in [4.69, 9.17) is 5.11 Å². The van der Waals surface area contributed by atoms with Crippen LogP contribution in [-0.2, 0) is 0 Å². The number of hydrogen-bond donors (Lipinski definition) is 2. The smallest absolute Gasteiger partial charge is 0.254 e. The lowest BCUT2D eigenvalue weighted by Crippen LogP contribution is -2.41. The van der Waals surface area contributed by atoms with Crippen LogP contribution >= 0.6 is 0 Å². The molecule has 0 aromatic heterocycles. The lowest BCUT2D eigenvalue weighted by molar-refractivity contribution is 0.0622. The fourth-order valence-electron chi connectivity index (χ4n) is 2.09. The molecule has 0 aliphatic rings. The summed E-state index contributed by atoms with van der Waals surface area (Å²) in [7, 11) is 0. The van der Waals surface area contributed by atoms with Crippen molar-refractivity contribution in [1.82, 2.24) is 4.90 Å². The molecule has 2 N–H and O–H groups in total. The molecule has 100 valence electrons. The molecule has 0 saturated heterocycles. The Balaban J connectivity index is 2.95. The fourth-order valence-corrected chi connectivity index (χ4v) is 2.09. The number of benzene rings is 1. The number of amides is 1. The summed E-state index contributed by atoms with van der Waals surface area (Å²) < 4.78 is 0. The molecule has 0 atom stereocenters. The molecule has 0 spiro atoms. The third kappa shape index (κ3) is 3.47. The molecule has 4 nitrogen and oxygen atoms in total. The number of aromatic hydroxyl groups is 1. The average molecular weight is 251 g/mol. The zero-order valence-corrected chi connectivity index (χ0v) is 11.0. The maximum Gasteiger partial charge on any atom is 0.254 e. The van der Waals surface area contributed by atoms with Crippen LogP contribution in [0.4, 0.5) is 0 Å². The number of hydrogen-bond acceptors (Lipinski definition) is 3. The summed E-state index contributed by atoms with van der Waals surface area (Å²) in [5, 5.41) is 18.5. The third-order valence-corrected chi connectivity index (χ3v) is 3.08. The SMILES string of the molecule is CCC(CC)N(CCO)C(=O)c1cccc(O)c1. The maximum atomic E-state index is 12.3. The number of carbonyl (C=O) groups excluding carboxylic acids is 1. The van der Waals surface area contributed by atoms with Gasteiger partial charge in [0.2, 0.25) is 0 Å². The van der Waals surface area contributed by atoms with E-state index in [1.807, 2.05) is 13.8 Å². The Kier molecular flexibility index (Phi) is 5.65. The highest BCUT2D eigenvalue weighted by Gasteiger charge is 2.21. The molecule has 18 heavy (non-hydrogen) atoms. The molecule has 0 saturated carbocycles. The monoisotopic (exact) mass is 251 g/mol. The number of phenols is 1. The van der Waals surface area contributed by atoms with Gasteiger partial charge in [0.15, 0.2) is 0 Å². The topological polar surface area (TPSA) is 60.8 Å². The average Bonchev–Trinajstić information content (AvgIpc) is 2.38. The second-order valence-corrected chi connectivity index (χ2v) is 4.24. The van der Waals surface area contributed by atoms with Crippen molar-refractivity contribution in [2.45, 2.75) is 32.7 Å². The van der Waals surface area contributed by atoms with Gasteiger partial charge < -0.3 is 15.1 Å². The molecule has 1 aromatic rings. The Labute approximate surface area is 108 Å². The molecule has 0 aliphatic carbocycles. The lowest BCUT2D eigenvalue weighted by Gasteiger charge is -2.30. The van der Waals surface area contributed by atoms with Crippen molar-refractivity contribution in [3.05, 3.63) is 29.8 Å². The molecule has 0 bridgehead atoms. The fraction of sp³-hybridized carbons (Fsp3) is 0.500. The molecule has 0 fully saturated rings. The number of aliphatic hydroxyl groups excluding tert-OH is 1. The van der Waals surface area contributed by atoms with Crippen molar-refractivity contribution >= 4 is 5.91 Å². The van der Waals surface area contributed by atoms with E-state index >= 15 is 0 Å². The van der Waals surface area contributed by atoms with Crippen molar-refractivity contribution in [3.63, 3.8) is 0 Å². The van der Waals surface area contributed by atoms with Gasteiger partial charge in [-0.1, -0.05) is 19.9 Å². The van der Waals surface area contributed by atoms with Gasteiger partial charge in [-0.25, -0.2) is 0 Å². The predicted molar refractivity (Wildman–Crippen MR) is 70.6 cm³/mol. The van der Waals surface area contributed by atoms with Crippen LogP contribution in [0.3, 0.4) is 0 Å². The summed E-state index contributed by atoms with van der Waals surface area (Å²) in [5.74, 6) is -0.0667. The summed E-state index contributed by atoms with van der Waals surface area (Å²) in [4.78, 5) is 14.0. The highest BCUT2D eigenvalue weighted by Crippen LogP contribution is 2.16. The molecule has 1 aromatic carbocycles. The Hall–Kier alpha value is -1.55. The molecule has 0 heterocycles. The first-order valence-corrected chi connectivity index (χ1v) is 6.34. The van der Waals surface area contributed by atoms with E-state index in [9.17, 15) is 9.90 Å². The van der Waals surface area contributed by atoms with Crippen LogP contribution in [0, 0.1) is 0 Å². The molecular formula is C14H21NO3. The van der Waals surface area contributed by atoms with Crippen molar-refractivity contribution < 1.29 is 15.0 Å². The Morgan fingerprint density at radius 3 is 2.50 bits per heavy atom. The standard InChI is InChI=1S/C14H21NO3/c1-3-12(4-2)15(8-9-16)14(18)11-6-5-7-13(17)10-11/h5-7,10,12,16-17H,3-4,8-9H2,1-2H3. The van der Waals surface area contributed by atoms with Crippen molar-refractivity contribution in [2.24, 2.45) is 0 Å². The van der Waals surface area contributed by atoms with Crippen LogP contribution in [0.2, 0.25) is 0 Å². The minimum atomic E-state index is -0.145. The van der Waals surface area contributed by atoms with Crippen LogP contribution in [0.5, 0.6) is 5.75 Å². The number of carbonyl (C=O) groups is 1. The van der Waals surface area contributed by atoms with Crippen molar-refractivity contribution in [3.8, 4) is 5.75 Å². The zero-order valence-electron chi connectivity index (χ0n) is 11.0. The number of rotatable bonds is 6. The highest BCUT2D eigenvalue weighted by molar-refractivity contribution is 5.94. The quantitative estimate of drug-likeness (QED) is 0.813. The Bertz CT molecular complexity index is 388. The first kappa shape index (κ1) is 14.5. The molecule has 1 amide bonds. The van der Waals surface area contributed by atoms with E-state index in [0.29, 0.717) is 12.1 Å². The van der Waals surface area contributed by atoms with Crippen LogP contribution in [-0.4, -0.2) is 40.2 Å². The molecule has 4 heteroatoms. The first-order valence-electron chi connectivity index (χ1n) is 6.34. The molecule has 0 unspecified atom stereocenters. The molecule has 0 aliphatic heterocycles. The maximum absolute atomic E-state index is 12.3. The van der Waals surface area contributed by atoms with Gasteiger partial charge in [-0.05, 0) is 31.0 Å². The van der Waals surface area contributed by atoms with Gasteiger partial charge in [-0.3, -0.25) is 4.79 Å². The summed E-state index contributed by atoms with van der Waals surface area (Å²) in [6.07, 6.45) is 1.70. The Morgan fingerprint density at radius 2 is 2.00 bits per heavy atom. The van der Waals surface area contributed by atoms with E-state index in [1.54, 1.807) is 17.0 Å². The second kappa shape index (κ2) is 7.01. The van der Waals surface area contributed by atoms with E-state index in [0.717, 1.165) is 12.8 Å². The molecule has 1 rings (SSSR count). The number of phenolic OH excluding ortho intramolecular Hbond substituents is 1. The first-order chi connectivity index (χ1) is 8.63. The summed E-state index contributed by atoms with van der Waals surface area (Å²) in [6.45, 7) is 4.31. The van der Waals surface area contributed by atoms with E-state index in [1.165, 1.54) is 12.1 Å². The van der Waals surface area contributed by atoms with E-state index < -0.39 is 0 Å². The van der Waals surface area contributed by atoms with Gasteiger partial charge in [0.1, 0.15) is 5.75 Å².